The zero-order valence-electron chi connectivity index (χ0n) is 18.8. The normalized spacial score (nSPS) is 23.2. The Hall–Kier alpha value is -3.05. The van der Waals surface area contributed by atoms with Crippen LogP contribution in [0.15, 0.2) is 48.6 Å². The molecule has 2 aromatic rings. The molecule has 0 aromatic heterocycles. The quantitative estimate of drug-likeness (QED) is 0.484. The van der Waals surface area contributed by atoms with Gasteiger partial charge in [-0.15, -0.1) is 0 Å². The van der Waals surface area contributed by atoms with E-state index in [0.29, 0.717) is 23.1 Å². The van der Waals surface area contributed by atoms with Crippen LogP contribution in [-0.4, -0.2) is 43.8 Å². The number of ketones is 1. The molecule has 0 spiro atoms. The molecule has 5 heteroatoms. The molecule has 3 saturated heterocycles. The molecule has 2 atom stereocenters. The van der Waals surface area contributed by atoms with Crippen LogP contribution in [0.25, 0.3) is 12.2 Å². The summed E-state index contributed by atoms with van der Waals surface area (Å²) in [4.78, 5) is 15.8. The number of anilines is 1. The topological polar surface area (TPSA) is 48.0 Å². The van der Waals surface area contributed by atoms with Gasteiger partial charge in [0.2, 0.25) is 0 Å². The van der Waals surface area contributed by atoms with Crippen molar-refractivity contribution in [3.8, 4) is 11.5 Å². The number of hydrogen-bond acceptors (Lipinski definition) is 5. The van der Waals surface area contributed by atoms with Crippen molar-refractivity contribution in [2.24, 2.45) is 0 Å². The molecule has 0 N–H and O–H groups in total. The molecule has 2 aromatic carbocycles. The minimum atomic E-state index is -0.515. The number of benzene rings is 2. The van der Waals surface area contributed by atoms with E-state index in [1.807, 2.05) is 56.3 Å². The summed E-state index contributed by atoms with van der Waals surface area (Å²) in [6.07, 6.45) is 10.0. The minimum Gasteiger partial charge on any atom is -0.496 e. The van der Waals surface area contributed by atoms with Crippen LogP contribution in [-0.2, 0) is 4.74 Å². The van der Waals surface area contributed by atoms with Crippen LogP contribution in [0.5, 0.6) is 11.5 Å². The van der Waals surface area contributed by atoms with E-state index < -0.39 is 5.60 Å². The maximum absolute atomic E-state index is 13.4. The van der Waals surface area contributed by atoms with Gasteiger partial charge in [-0.25, -0.2) is 0 Å². The lowest BCUT2D eigenvalue weighted by Gasteiger charge is -2.47. The van der Waals surface area contributed by atoms with Crippen molar-refractivity contribution < 1.29 is 19.0 Å². The predicted octanol–water partition coefficient (Wildman–Crippen LogP) is 5.14. The minimum absolute atomic E-state index is 0.136. The van der Waals surface area contributed by atoms with Crippen LogP contribution >= 0.6 is 0 Å². The maximum atomic E-state index is 13.4. The molecule has 0 aliphatic carbocycles. The zero-order chi connectivity index (χ0) is 22.3. The Morgan fingerprint density at radius 2 is 2.03 bits per heavy atom. The second kappa shape index (κ2) is 8.14. The van der Waals surface area contributed by atoms with Crippen LogP contribution in [0.3, 0.4) is 0 Å². The van der Waals surface area contributed by atoms with E-state index in [4.69, 9.17) is 14.2 Å². The Morgan fingerprint density at radius 3 is 2.69 bits per heavy atom. The van der Waals surface area contributed by atoms with Gasteiger partial charge in [-0.1, -0.05) is 36.4 Å². The highest BCUT2D eigenvalue weighted by molar-refractivity contribution is 6.12. The molecule has 0 radical (unpaired) electrons. The third-order valence-corrected chi connectivity index (χ3v) is 6.47. The van der Waals surface area contributed by atoms with Crippen LogP contribution < -0.4 is 14.4 Å². The Morgan fingerprint density at radius 1 is 1.22 bits per heavy atom. The molecule has 4 heterocycles. The molecule has 6 rings (SSSR count). The average molecular weight is 432 g/mol. The van der Waals surface area contributed by atoms with Crippen molar-refractivity contribution in [3.63, 3.8) is 0 Å². The summed E-state index contributed by atoms with van der Waals surface area (Å²) >= 11 is 0. The fourth-order valence-corrected chi connectivity index (χ4v) is 4.78. The number of piperidine rings is 1. The second-order valence-corrected chi connectivity index (χ2v) is 9.20. The van der Waals surface area contributed by atoms with Gasteiger partial charge in [0.05, 0.1) is 31.5 Å². The molecule has 166 valence electrons. The van der Waals surface area contributed by atoms with Crippen molar-refractivity contribution in [1.82, 2.24) is 0 Å². The van der Waals surface area contributed by atoms with Gasteiger partial charge in [-0.3, -0.25) is 4.79 Å². The van der Waals surface area contributed by atoms with E-state index in [2.05, 4.69) is 17.1 Å². The first-order chi connectivity index (χ1) is 15.4. The third-order valence-electron chi connectivity index (χ3n) is 6.47. The van der Waals surface area contributed by atoms with Crippen LogP contribution in [0, 0.1) is 0 Å². The molecule has 4 aliphatic rings. The number of allylic oxidation sites excluding steroid dienone is 1. The summed E-state index contributed by atoms with van der Waals surface area (Å²) in [6.45, 7) is 5.57. The van der Waals surface area contributed by atoms with E-state index in [0.717, 1.165) is 42.8 Å². The number of morpholine rings is 1. The summed E-state index contributed by atoms with van der Waals surface area (Å²) in [5, 5.41) is 0. The lowest BCUT2D eigenvalue weighted by Crippen LogP contribution is -2.54. The van der Waals surface area contributed by atoms with Gasteiger partial charge in [0.25, 0.3) is 0 Å². The Bertz CT molecular complexity index is 1080. The monoisotopic (exact) mass is 431 g/mol. The number of rotatable bonds is 5. The number of carbonyl (C=O) groups is 1. The molecular formula is C27H29NO4. The van der Waals surface area contributed by atoms with Crippen molar-refractivity contribution in [1.29, 1.82) is 0 Å². The van der Waals surface area contributed by atoms with E-state index in [-0.39, 0.29) is 11.9 Å². The summed E-state index contributed by atoms with van der Waals surface area (Å²) in [5.41, 5.74) is 2.91. The van der Waals surface area contributed by atoms with Crippen molar-refractivity contribution >= 4 is 23.6 Å². The number of methoxy groups -OCH3 is 1. The van der Waals surface area contributed by atoms with Crippen molar-refractivity contribution in [2.75, 3.05) is 25.2 Å². The molecule has 5 nitrogen and oxygen atoms in total. The molecule has 0 amide bonds. The van der Waals surface area contributed by atoms with Crippen molar-refractivity contribution in [3.05, 3.63) is 65.2 Å². The summed E-state index contributed by atoms with van der Waals surface area (Å²) < 4.78 is 18.1. The smallest absolute Gasteiger partial charge is 0.193 e. The SMILES string of the molecule is COc1cc(N2CC3CCC2CO3)c2c(c1C(=O)/C=C/c1ccccc1)OC(C)(C)C=C2. The highest BCUT2D eigenvalue weighted by Gasteiger charge is 2.38. The number of carbonyl (C=O) groups excluding carboxylic acids is 1. The number of fused-ring (bicyclic) bond motifs is 4. The fourth-order valence-electron chi connectivity index (χ4n) is 4.78. The van der Waals surface area contributed by atoms with Gasteiger partial charge in [0.1, 0.15) is 22.7 Å². The van der Waals surface area contributed by atoms with Crippen LogP contribution in [0.2, 0.25) is 0 Å². The van der Waals surface area contributed by atoms with E-state index in [9.17, 15) is 4.79 Å². The van der Waals surface area contributed by atoms with E-state index >= 15 is 0 Å². The number of ether oxygens (including phenoxy) is 3. The number of nitrogens with zero attached hydrogens (tertiary/aromatic N) is 1. The van der Waals surface area contributed by atoms with Gasteiger partial charge in [-0.05, 0) is 50.5 Å². The zero-order valence-corrected chi connectivity index (χ0v) is 18.8. The molecule has 0 saturated carbocycles. The van der Waals surface area contributed by atoms with Crippen molar-refractivity contribution in [2.45, 2.75) is 44.4 Å². The van der Waals surface area contributed by atoms with Gasteiger partial charge >= 0.3 is 0 Å². The lowest BCUT2D eigenvalue weighted by atomic mass is 9.91. The predicted molar refractivity (Wildman–Crippen MR) is 127 cm³/mol. The first kappa shape index (κ1) is 20.8. The standard InChI is InChI=1S/C27H29NO4/c1-27(2)14-13-21-22(28-16-20-11-10-19(28)17-31-20)15-24(30-3)25(26(21)32-27)23(29)12-9-18-7-5-4-6-8-18/h4-9,12-15,19-20H,10-11,16-17H2,1-3H3/b12-9+. The first-order valence-electron chi connectivity index (χ1n) is 11.2. The van der Waals surface area contributed by atoms with E-state index in [1.54, 1.807) is 13.2 Å². The van der Waals surface area contributed by atoms with Crippen LogP contribution in [0.1, 0.15) is 48.2 Å². The lowest BCUT2D eigenvalue weighted by molar-refractivity contribution is -0.0226. The average Bonchev–Trinajstić information content (AvgIpc) is 2.82. The Balaban J connectivity index is 1.60. The molecule has 2 unspecified atom stereocenters. The third kappa shape index (κ3) is 3.82. The molecule has 4 aliphatic heterocycles. The summed E-state index contributed by atoms with van der Waals surface area (Å²) in [7, 11) is 1.61. The second-order valence-electron chi connectivity index (χ2n) is 9.20. The highest BCUT2D eigenvalue weighted by Crippen LogP contribution is 2.46. The van der Waals surface area contributed by atoms with Gasteiger partial charge in [0, 0.05) is 18.2 Å². The van der Waals surface area contributed by atoms with Gasteiger partial charge in [-0.2, -0.15) is 0 Å². The van der Waals surface area contributed by atoms with E-state index in [1.165, 1.54) is 0 Å². The highest BCUT2D eigenvalue weighted by atomic mass is 16.5. The van der Waals surface area contributed by atoms with Crippen LogP contribution in [0.4, 0.5) is 5.69 Å². The molecule has 3 fully saturated rings. The fraction of sp³-hybridized carbons (Fsp3) is 0.370. The Kier molecular flexibility index (Phi) is 5.30. The van der Waals surface area contributed by atoms with Gasteiger partial charge in [0.15, 0.2) is 5.78 Å². The van der Waals surface area contributed by atoms with Gasteiger partial charge < -0.3 is 19.1 Å². The summed E-state index contributed by atoms with van der Waals surface area (Å²) in [6, 6.07) is 12.1. The number of hydrogen-bond donors (Lipinski definition) is 0. The first-order valence-corrected chi connectivity index (χ1v) is 11.2. The largest absolute Gasteiger partial charge is 0.496 e. The molecule has 32 heavy (non-hydrogen) atoms. The maximum Gasteiger partial charge on any atom is 0.193 e. The Labute approximate surface area is 189 Å². The summed E-state index contributed by atoms with van der Waals surface area (Å²) in [5.74, 6) is 0.995. The molecular weight excluding hydrogens is 402 g/mol. The molecule has 2 bridgehead atoms.